The fraction of sp³-hybridized carbons (Fsp3) is 0.350. The minimum atomic E-state index is -4.49. The predicted octanol–water partition coefficient (Wildman–Crippen LogP) is 5.07. The Kier molecular flexibility index (Phi) is 6.66. The number of rotatable bonds is 4. The van der Waals surface area contributed by atoms with Crippen molar-refractivity contribution in [2.24, 2.45) is 0 Å². The molecule has 1 heterocycles. The zero-order valence-corrected chi connectivity index (χ0v) is 16.0. The molecule has 1 fully saturated rings. The van der Waals surface area contributed by atoms with Crippen molar-refractivity contribution >= 4 is 17.7 Å². The van der Waals surface area contributed by atoms with Crippen LogP contribution in [0.4, 0.5) is 22.0 Å². The van der Waals surface area contributed by atoms with Gasteiger partial charge in [-0.25, -0.2) is 8.78 Å². The van der Waals surface area contributed by atoms with Gasteiger partial charge in [0.25, 0.3) is 5.91 Å². The molecule has 156 valence electrons. The Labute approximate surface area is 168 Å². The smallest absolute Gasteiger partial charge is 0.416 e. The van der Waals surface area contributed by atoms with E-state index in [-0.39, 0.29) is 22.5 Å². The number of benzene rings is 2. The van der Waals surface area contributed by atoms with Gasteiger partial charge in [-0.05, 0) is 42.8 Å². The fourth-order valence-corrected chi connectivity index (χ4v) is 4.27. The summed E-state index contributed by atoms with van der Waals surface area (Å²) in [6, 6.07) is 7.64. The Morgan fingerprint density at radius 1 is 1.14 bits per heavy atom. The second kappa shape index (κ2) is 9.02. The Hall–Kier alpha value is -2.29. The lowest BCUT2D eigenvalue weighted by Gasteiger charge is -2.20. The van der Waals surface area contributed by atoms with E-state index in [1.807, 2.05) is 0 Å². The van der Waals surface area contributed by atoms with E-state index in [0.717, 1.165) is 24.3 Å². The molecule has 0 radical (unpaired) electrons. The molecule has 3 nitrogen and oxygen atoms in total. The van der Waals surface area contributed by atoms with E-state index >= 15 is 0 Å². The van der Waals surface area contributed by atoms with Gasteiger partial charge in [0.05, 0.1) is 5.56 Å². The third-order valence-electron chi connectivity index (χ3n) is 4.52. The largest absolute Gasteiger partial charge is 0.484 e. The second-order valence-electron chi connectivity index (χ2n) is 6.51. The lowest BCUT2D eigenvalue weighted by molar-refractivity contribution is -0.137. The average molecular weight is 431 g/mol. The molecular formula is C20H18F5NO2S. The average Bonchev–Trinajstić information content (AvgIpc) is 2.94. The number of thioether (sulfide) groups is 1. The number of hydrogen-bond acceptors (Lipinski definition) is 3. The lowest BCUT2D eigenvalue weighted by atomic mass is 10.1. The maximum Gasteiger partial charge on any atom is 0.416 e. The third-order valence-corrected chi connectivity index (χ3v) is 5.83. The summed E-state index contributed by atoms with van der Waals surface area (Å²) in [7, 11) is 0. The summed E-state index contributed by atoms with van der Waals surface area (Å²) in [5.74, 6) is -0.902. The molecular weight excluding hydrogens is 413 g/mol. The molecule has 1 aliphatic heterocycles. The molecule has 0 N–H and O–H groups in total. The molecule has 0 spiro atoms. The van der Waals surface area contributed by atoms with Crippen LogP contribution in [-0.2, 0) is 11.0 Å². The van der Waals surface area contributed by atoms with Crippen LogP contribution in [0.5, 0.6) is 5.75 Å². The summed E-state index contributed by atoms with van der Waals surface area (Å²) >= 11 is 1.43. The van der Waals surface area contributed by atoms with Crippen molar-refractivity contribution in [3.63, 3.8) is 0 Å². The van der Waals surface area contributed by atoms with E-state index in [0.29, 0.717) is 25.3 Å². The van der Waals surface area contributed by atoms with Crippen LogP contribution >= 0.6 is 11.8 Å². The molecule has 1 unspecified atom stereocenters. The molecule has 1 atom stereocenters. The highest BCUT2D eigenvalue weighted by molar-refractivity contribution is 7.99. The maximum atomic E-state index is 14.0. The van der Waals surface area contributed by atoms with Crippen LogP contribution < -0.4 is 4.74 Å². The van der Waals surface area contributed by atoms with Gasteiger partial charge >= 0.3 is 6.18 Å². The Balaban J connectivity index is 1.58. The number of amides is 1. The van der Waals surface area contributed by atoms with E-state index in [4.69, 9.17) is 4.74 Å². The van der Waals surface area contributed by atoms with Crippen LogP contribution in [0, 0.1) is 11.6 Å². The van der Waals surface area contributed by atoms with E-state index in [2.05, 4.69) is 0 Å². The highest BCUT2D eigenvalue weighted by atomic mass is 32.2. The topological polar surface area (TPSA) is 29.5 Å². The van der Waals surface area contributed by atoms with Crippen LogP contribution in [0.1, 0.15) is 22.8 Å². The zero-order chi connectivity index (χ0) is 21.0. The summed E-state index contributed by atoms with van der Waals surface area (Å²) in [6.45, 7) is 0.312. The van der Waals surface area contributed by atoms with E-state index < -0.39 is 30.0 Å². The normalized spacial score (nSPS) is 17.7. The van der Waals surface area contributed by atoms with Crippen LogP contribution in [0.3, 0.4) is 0 Å². The Bertz CT molecular complexity index is 874. The van der Waals surface area contributed by atoms with Crippen molar-refractivity contribution in [2.75, 3.05) is 25.4 Å². The minimum absolute atomic E-state index is 0.0444. The number of ether oxygens (including phenoxy) is 1. The first-order valence-electron chi connectivity index (χ1n) is 8.88. The molecule has 1 aliphatic rings. The van der Waals surface area contributed by atoms with E-state index in [1.165, 1.54) is 34.9 Å². The first kappa shape index (κ1) is 21.4. The van der Waals surface area contributed by atoms with Crippen molar-refractivity contribution < 1.29 is 31.5 Å². The summed E-state index contributed by atoms with van der Waals surface area (Å²) in [5.41, 5.74) is -0.585. The zero-order valence-electron chi connectivity index (χ0n) is 15.2. The van der Waals surface area contributed by atoms with Gasteiger partial charge in [-0.15, -0.1) is 0 Å². The molecule has 3 rings (SSSR count). The molecule has 0 bridgehead atoms. The third kappa shape index (κ3) is 5.62. The van der Waals surface area contributed by atoms with Gasteiger partial charge in [0.2, 0.25) is 0 Å². The highest BCUT2D eigenvalue weighted by Gasteiger charge is 2.31. The molecule has 0 saturated carbocycles. The lowest BCUT2D eigenvalue weighted by Crippen LogP contribution is -2.36. The molecule has 0 aliphatic carbocycles. The predicted molar refractivity (Wildman–Crippen MR) is 99.7 cm³/mol. The summed E-state index contributed by atoms with van der Waals surface area (Å²) < 4.78 is 70.9. The van der Waals surface area contributed by atoms with Crippen molar-refractivity contribution in [2.45, 2.75) is 17.8 Å². The summed E-state index contributed by atoms with van der Waals surface area (Å²) in [4.78, 5) is 13.9. The fourth-order valence-electron chi connectivity index (χ4n) is 3.03. The first-order chi connectivity index (χ1) is 13.7. The Morgan fingerprint density at radius 3 is 2.69 bits per heavy atom. The second-order valence-corrected chi connectivity index (χ2v) is 7.82. The molecule has 9 heteroatoms. The molecule has 2 aromatic rings. The van der Waals surface area contributed by atoms with Gasteiger partial charge in [0.1, 0.15) is 17.4 Å². The monoisotopic (exact) mass is 431 g/mol. The summed E-state index contributed by atoms with van der Waals surface area (Å²) in [5, 5.41) is -0.284. The number of hydrogen-bond donors (Lipinski definition) is 0. The molecule has 0 aromatic heterocycles. The Morgan fingerprint density at radius 2 is 1.93 bits per heavy atom. The van der Waals surface area contributed by atoms with Gasteiger partial charge < -0.3 is 9.64 Å². The number of halogens is 5. The molecule has 2 aromatic carbocycles. The minimum Gasteiger partial charge on any atom is -0.484 e. The van der Waals surface area contributed by atoms with Gasteiger partial charge in [0.15, 0.2) is 6.61 Å². The molecule has 1 amide bonds. The van der Waals surface area contributed by atoms with Crippen LogP contribution in [-0.4, -0.2) is 36.3 Å². The number of carbonyl (C=O) groups is 1. The standard InChI is InChI=1S/C20H18F5NO2S/c21-14-4-5-17(22)16(11-14)18-6-7-26(8-9-29-18)19(27)12-28-15-3-1-2-13(10-15)20(23,24)25/h1-5,10-11,18H,6-9,12H2. The van der Waals surface area contributed by atoms with Crippen molar-refractivity contribution in [1.82, 2.24) is 4.90 Å². The quantitative estimate of drug-likeness (QED) is 0.633. The first-order valence-corrected chi connectivity index (χ1v) is 9.93. The van der Waals surface area contributed by atoms with Crippen molar-refractivity contribution in [1.29, 1.82) is 0 Å². The van der Waals surface area contributed by atoms with Gasteiger partial charge in [-0.3, -0.25) is 4.79 Å². The number of carbonyl (C=O) groups excluding carboxylic acids is 1. The van der Waals surface area contributed by atoms with E-state index in [9.17, 15) is 26.7 Å². The summed E-state index contributed by atoms with van der Waals surface area (Å²) in [6.07, 6.45) is -4.06. The maximum absolute atomic E-state index is 14.0. The van der Waals surface area contributed by atoms with Crippen LogP contribution in [0.25, 0.3) is 0 Å². The van der Waals surface area contributed by atoms with Gasteiger partial charge in [-0.2, -0.15) is 24.9 Å². The SMILES string of the molecule is O=C(COc1cccc(C(F)(F)F)c1)N1CCSC(c2cc(F)ccc2F)CC1. The van der Waals surface area contributed by atoms with Gasteiger partial charge in [-0.1, -0.05) is 6.07 Å². The van der Waals surface area contributed by atoms with Crippen LogP contribution in [0.2, 0.25) is 0 Å². The van der Waals surface area contributed by atoms with Crippen molar-refractivity contribution in [3.05, 3.63) is 65.2 Å². The highest BCUT2D eigenvalue weighted by Crippen LogP contribution is 2.36. The van der Waals surface area contributed by atoms with Gasteiger partial charge in [0, 0.05) is 29.7 Å². The number of nitrogens with zero attached hydrogens (tertiary/aromatic N) is 1. The van der Waals surface area contributed by atoms with Crippen LogP contribution in [0.15, 0.2) is 42.5 Å². The van der Waals surface area contributed by atoms with Crippen molar-refractivity contribution in [3.8, 4) is 5.75 Å². The molecule has 1 saturated heterocycles. The molecule has 29 heavy (non-hydrogen) atoms. The number of alkyl halides is 3. The van der Waals surface area contributed by atoms with E-state index in [1.54, 1.807) is 0 Å².